The molecule has 1 fully saturated rings. The van der Waals surface area contributed by atoms with Crippen molar-refractivity contribution >= 4 is 34.9 Å². The van der Waals surface area contributed by atoms with Crippen molar-refractivity contribution in [3.05, 3.63) is 39.4 Å². The number of aromatic amines is 1. The molecular formula is C14H18Cl2N4O. The fourth-order valence-electron chi connectivity index (χ4n) is 2.68. The summed E-state index contributed by atoms with van der Waals surface area (Å²) in [6.45, 7) is 3.66. The zero-order valence-electron chi connectivity index (χ0n) is 11.7. The molecule has 1 aliphatic heterocycles. The first kappa shape index (κ1) is 16.2. The predicted octanol–water partition coefficient (Wildman–Crippen LogP) is 1.92. The number of likely N-dealkylation sites (tertiary alicyclic amines) is 1. The number of fused-ring (bicyclic) bond motifs is 1. The average molecular weight is 329 g/mol. The Hall–Kier alpha value is -1.14. The summed E-state index contributed by atoms with van der Waals surface area (Å²) >= 11 is 5.90. The van der Waals surface area contributed by atoms with E-state index in [0.29, 0.717) is 34.3 Å². The lowest BCUT2D eigenvalue weighted by molar-refractivity contribution is 0.245. The van der Waals surface area contributed by atoms with Gasteiger partial charge in [-0.05, 0) is 31.5 Å². The molecule has 2 atom stereocenters. The summed E-state index contributed by atoms with van der Waals surface area (Å²) in [4.78, 5) is 21.7. The first-order chi connectivity index (χ1) is 9.54. The van der Waals surface area contributed by atoms with Crippen molar-refractivity contribution in [1.29, 1.82) is 0 Å². The summed E-state index contributed by atoms with van der Waals surface area (Å²) < 4.78 is 0. The number of nitrogens with one attached hydrogen (secondary N) is 1. The first-order valence-electron chi connectivity index (χ1n) is 6.72. The molecule has 3 N–H and O–H groups in total. The third-order valence-corrected chi connectivity index (χ3v) is 4.25. The summed E-state index contributed by atoms with van der Waals surface area (Å²) in [7, 11) is 0. The lowest BCUT2D eigenvalue weighted by Gasteiger charge is -2.22. The molecule has 1 saturated heterocycles. The van der Waals surface area contributed by atoms with Crippen molar-refractivity contribution in [2.24, 2.45) is 5.73 Å². The van der Waals surface area contributed by atoms with Crippen LogP contribution in [-0.4, -0.2) is 33.5 Å². The number of rotatable bonds is 2. The quantitative estimate of drug-likeness (QED) is 0.883. The zero-order valence-corrected chi connectivity index (χ0v) is 13.2. The van der Waals surface area contributed by atoms with Crippen LogP contribution in [0.25, 0.3) is 10.9 Å². The maximum Gasteiger partial charge on any atom is 0.258 e. The Balaban J connectivity index is 0.00000161. The second-order valence-corrected chi connectivity index (χ2v) is 5.77. The molecule has 2 unspecified atom stereocenters. The second kappa shape index (κ2) is 6.32. The van der Waals surface area contributed by atoms with Gasteiger partial charge in [0.1, 0.15) is 5.82 Å². The van der Waals surface area contributed by atoms with Crippen LogP contribution >= 0.6 is 24.0 Å². The van der Waals surface area contributed by atoms with E-state index in [1.807, 2.05) is 0 Å². The molecule has 114 valence electrons. The highest BCUT2D eigenvalue weighted by Crippen LogP contribution is 2.19. The van der Waals surface area contributed by atoms with Crippen molar-refractivity contribution in [2.45, 2.75) is 32.0 Å². The molecule has 21 heavy (non-hydrogen) atoms. The number of nitrogens with zero attached hydrogens (tertiary/aromatic N) is 2. The highest BCUT2D eigenvalue weighted by atomic mass is 35.5. The van der Waals surface area contributed by atoms with E-state index >= 15 is 0 Å². The monoisotopic (exact) mass is 328 g/mol. The van der Waals surface area contributed by atoms with E-state index in [9.17, 15) is 4.79 Å². The minimum atomic E-state index is -0.149. The van der Waals surface area contributed by atoms with E-state index in [1.54, 1.807) is 18.2 Å². The van der Waals surface area contributed by atoms with Crippen molar-refractivity contribution in [3.8, 4) is 0 Å². The van der Waals surface area contributed by atoms with Gasteiger partial charge in [-0.1, -0.05) is 11.6 Å². The van der Waals surface area contributed by atoms with Crippen LogP contribution in [-0.2, 0) is 6.54 Å². The van der Waals surface area contributed by atoms with Crippen molar-refractivity contribution in [3.63, 3.8) is 0 Å². The molecule has 2 heterocycles. The topological polar surface area (TPSA) is 75.0 Å². The molecule has 1 aromatic heterocycles. The number of aromatic nitrogens is 2. The standard InChI is InChI=1S/C14H17ClN4O.ClH/c1-8-11(16)4-5-19(8)7-13-17-12-3-2-9(15)6-10(12)14(20)18-13;/h2-3,6,8,11H,4-5,7,16H2,1H3,(H,17,18,20);1H. The lowest BCUT2D eigenvalue weighted by atomic mass is 10.2. The van der Waals surface area contributed by atoms with Gasteiger partial charge in [-0.15, -0.1) is 12.4 Å². The second-order valence-electron chi connectivity index (χ2n) is 5.34. The maximum absolute atomic E-state index is 12.1. The molecule has 1 aliphatic rings. The molecule has 0 amide bonds. The molecular weight excluding hydrogens is 311 g/mol. The normalized spacial score (nSPS) is 22.4. The van der Waals surface area contributed by atoms with Gasteiger partial charge in [0.15, 0.2) is 0 Å². The highest BCUT2D eigenvalue weighted by molar-refractivity contribution is 6.31. The number of benzene rings is 1. The Kier molecular flexibility index (Phi) is 4.88. The van der Waals surface area contributed by atoms with Gasteiger partial charge in [0.05, 0.1) is 17.4 Å². The van der Waals surface area contributed by atoms with Gasteiger partial charge in [0.25, 0.3) is 5.56 Å². The number of nitrogens with two attached hydrogens (primary N) is 1. The van der Waals surface area contributed by atoms with Crippen molar-refractivity contribution in [1.82, 2.24) is 14.9 Å². The largest absolute Gasteiger partial charge is 0.326 e. The molecule has 0 spiro atoms. The van der Waals surface area contributed by atoms with Crippen LogP contribution in [0.4, 0.5) is 0 Å². The average Bonchev–Trinajstić information content (AvgIpc) is 2.72. The van der Waals surface area contributed by atoms with Gasteiger partial charge in [-0.25, -0.2) is 4.98 Å². The maximum atomic E-state index is 12.1. The smallest absolute Gasteiger partial charge is 0.258 e. The summed E-state index contributed by atoms with van der Waals surface area (Å²) in [5.41, 5.74) is 6.53. The molecule has 2 aromatic rings. The molecule has 0 bridgehead atoms. The van der Waals surface area contributed by atoms with Gasteiger partial charge in [-0.2, -0.15) is 0 Å². The van der Waals surface area contributed by atoms with Gasteiger partial charge >= 0.3 is 0 Å². The SMILES string of the molecule is CC1C(N)CCN1Cc1nc2ccc(Cl)cc2c(=O)[nH]1.Cl. The van der Waals surface area contributed by atoms with E-state index < -0.39 is 0 Å². The van der Waals surface area contributed by atoms with Gasteiger partial charge in [0, 0.05) is 23.7 Å². The summed E-state index contributed by atoms with van der Waals surface area (Å²) in [5.74, 6) is 0.672. The minimum absolute atomic E-state index is 0. The molecule has 1 aromatic carbocycles. The molecule has 3 rings (SSSR count). The van der Waals surface area contributed by atoms with Crippen LogP contribution in [0.3, 0.4) is 0 Å². The number of hydrogen-bond donors (Lipinski definition) is 2. The fraction of sp³-hybridized carbons (Fsp3) is 0.429. The highest BCUT2D eigenvalue weighted by Gasteiger charge is 2.28. The van der Waals surface area contributed by atoms with Crippen LogP contribution < -0.4 is 11.3 Å². The van der Waals surface area contributed by atoms with E-state index in [2.05, 4.69) is 21.8 Å². The number of halogens is 2. The van der Waals surface area contributed by atoms with E-state index in [-0.39, 0.29) is 24.0 Å². The summed E-state index contributed by atoms with van der Waals surface area (Å²) in [5, 5.41) is 1.06. The third-order valence-electron chi connectivity index (χ3n) is 4.01. The first-order valence-corrected chi connectivity index (χ1v) is 7.10. The minimum Gasteiger partial charge on any atom is -0.326 e. The van der Waals surface area contributed by atoms with Gasteiger partial charge in [0.2, 0.25) is 0 Å². The Morgan fingerprint density at radius 2 is 2.29 bits per heavy atom. The van der Waals surface area contributed by atoms with Crippen LogP contribution in [0.5, 0.6) is 0 Å². The van der Waals surface area contributed by atoms with E-state index in [1.165, 1.54) is 0 Å². The molecule has 0 aliphatic carbocycles. The number of H-pyrrole nitrogens is 1. The van der Waals surface area contributed by atoms with Crippen LogP contribution in [0.2, 0.25) is 5.02 Å². The molecule has 7 heteroatoms. The lowest BCUT2D eigenvalue weighted by Crippen LogP contribution is -2.37. The molecule has 0 saturated carbocycles. The Morgan fingerprint density at radius 3 is 2.95 bits per heavy atom. The summed E-state index contributed by atoms with van der Waals surface area (Å²) in [6, 6.07) is 5.66. The Morgan fingerprint density at radius 1 is 1.52 bits per heavy atom. The molecule has 0 radical (unpaired) electrons. The Bertz CT molecular complexity index is 703. The summed E-state index contributed by atoms with van der Waals surface area (Å²) in [6.07, 6.45) is 0.981. The van der Waals surface area contributed by atoms with Gasteiger partial charge in [-0.3, -0.25) is 9.69 Å². The van der Waals surface area contributed by atoms with E-state index in [0.717, 1.165) is 13.0 Å². The van der Waals surface area contributed by atoms with Gasteiger partial charge < -0.3 is 10.7 Å². The molecule has 5 nitrogen and oxygen atoms in total. The zero-order chi connectivity index (χ0) is 14.3. The number of hydrogen-bond acceptors (Lipinski definition) is 4. The van der Waals surface area contributed by atoms with Crippen molar-refractivity contribution < 1.29 is 0 Å². The Labute approximate surface area is 133 Å². The van der Waals surface area contributed by atoms with Crippen molar-refractivity contribution in [2.75, 3.05) is 6.54 Å². The third kappa shape index (κ3) is 3.21. The van der Waals surface area contributed by atoms with Crippen LogP contribution in [0.15, 0.2) is 23.0 Å². The predicted molar refractivity (Wildman–Crippen MR) is 87.1 cm³/mol. The van der Waals surface area contributed by atoms with Crippen LogP contribution in [0.1, 0.15) is 19.2 Å². The van der Waals surface area contributed by atoms with Crippen LogP contribution in [0, 0.1) is 0 Å². The fourth-order valence-corrected chi connectivity index (χ4v) is 2.85. The van der Waals surface area contributed by atoms with E-state index in [4.69, 9.17) is 17.3 Å².